The van der Waals surface area contributed by atoms with E-state index < -0.39 is 0 Å². The van der Waals surface area contributed by atoms with Crippen molar-refractivity contribution in [1.82, 2.24) is 0 Å². The van der Waals surface area contributed by atoms with Crippen molar-refractivity contribution in [2.45, 2.75) is 13.3 Å². The number of rotatable bonds is 4. The van der Waals surface area contributed by atoms with Crippen LogP contribution in [0.1, 0.15) is 23.7 Å². The Hall–Kier alpha value is -1.55. The van der Waals surface area contributed by atoms with Crippen LogP contribution in [0, 0.1) is 0 Å². The molecule has 0 radical (unpaired) electrons. The van der Waals surface area contributed by atoms with Crippen molar-refractivity contribution in [3.8, 4) is 5.75 Å². The van der Waals surface area contributed by atoms with Gasteiger partial charge in [0.15, 0.2) is 5.75 Å². The van der Waals surface area contributed by atoms with Crippen LogP contribution in [0.4, 0.5) is 0 Å². The average molecular weight is 196 g/mol. The third-order valence-electron chi connectivity index (χ3n) is 1.63. The van der Waals surface area contributed by atoms with Gasteiger partial charge in [-0.1, -0.05) is 6.92 Å². The summed E-state index contributed by atoms with van der Waals surface area (Å²) >= 11 is 0. The highest BCUT2D eigenvalue weighted by atomic mass is 17.1. The molecule has 0 unspecified atom stereocenters. The summed E-state index contributed by atoms with van der Waals surface area (Å²) in [6.45, 7) is 2.34. The van der Waals surface area contributed by atoms with Crippen LogP contribution in [0.15, 0.2) is 24.3 Å². The number of carbonyl (C=O) groups excluding carboxylic acids is 1. The maximum absolute atomic E-state index is 11.3. The summed E-state index contributed by atoms with van der Waals surface area (Å²) in [6.07, 6.45) is 0.795. The molecular formula is C10H12O4. The van der Waals surface area contributed by atoms with E-state index in [1.807, 2.05) is 6.92 Å². The second kappa shape index (κ2) is 5.24. The first-order valence-electron chi connectivity index (χ1n) is 4.36. The van der Waals surface area contributed by atoms with Crippen molar-refractivity contribution in [3.05, 3.63) is 29.8 Å². The molecule has 0 heterocycles. The van der Waals surface area contributed by atoms with Crippen LogP contribution in [0.5, 0.6) is 5.75 Å². The molecule has 1 aromatic rings. The fraction of sp³-hybridized carbons (Fsp3) is 0.300. The van der Waals surface area contributed by atoms with Gasteiger partial charge in [-0.3, -0.25) is 0 Å². The molecule has 0 aliphatic rings. The van der Waals surface area contributed by atoms with Crippen LogP contribution in [-0.2, 0) is 4.74 Å². The van der Waals surface area contributed by atoms with Gasteiger partial charge >= 0.3 is 5.97 Å². The summed E-state index contributed by atoms with van der Waals surface area (Å²) < 4.78 is 4.91. The first-order chi connectivity index (χ1) is 6.77. The fourth-order valence-corrected chi connectivity index (χ4v) is 0.930. The molecular weight excluding hydrogens is 184 g/mol. The lowest BCUT2D eigenvalue weighted by Gasteiger charge is -2.02. The van der Waals surface area contributed by atoms with Gasteiger partial charge in [0, 0.05) is 0 Å². The van der Waals surface area contributed by atoms with Crippen LogP contribution in [0.25, 0.3) is 0 Å². The Labute approximate surface area is 82.0 Å². The van der Waals surface area contributed by atoms with E-state index in [0.29, 0.717) is 12.2 Å². The zero-order chi connectivity index (χ0) is 10.4. The molecule has 1 N–H and O–H groups in total. The highest BCUT2D eigenvalue weighted by Crippen LogP contribution is 2.11. The minimum absolute atomic E-state index is 0.289. The molecule has 4 heteroatoms. The number of esters is 1. The van der Waals surface area contributed by atoms with E-state index in [-0.39, 0.29) is 11.7 Å². The van der Waals surface area contributed by atoms with Crippen LogP contribution >= 0.6 is 0 Å². The van der Waals surface area contributed by atoms with Crippen LogP contribution in [0.3, 0.4) is 0 Å². The molecule has 0 aliphatic carbocycles. The first kappa shape index (κ1) is 10.5. The molecule has 0 saturated heterocycles. The Bertz CT molecular complexity index is 291. The number of benzene rings is 1. The van der Waals surface area contributed by atoms with Crippen LogP contribution in [0.2, 0.25) is 0 Å². The highest BCUT2D eigenvalue weighted by molar-refractivity contribution is 5.89. The molecule has 1 rings (SSSR count). The second-order valence-corrected chi connectivity index (χ2v) is 2.75. The fourth-order valence-electron chi connectivity index (χ4n) is 0.930. The topological polar surface area (TPSA) is 55.8 Å². The normalized spacial score (nSPS) is 9.57. The lowest BCUT2D eigenvalue weighted by molar-refractivity contribution is -0.137. The van der Waals surface area contributed by atoms with Gasteiger partial charge in [0.05, 0.1) is 12.2 Å². The molecule has 0 fully saturated rings. The van der Waals surface area contributed by atoms with Gasteiger partial charge in [0.2, 0.25) is 0 Å². The van der Waals surface area contributed by atoms with E-state index in [2.05, 4.69) is 4.89 Å². The van der Waals surface area contributed by atoms with E-state index >= 15 is 0 Å². The minimum Gasteiger partial charge on any atom is -0.462 e. The van der Waals surface area contributed by atoms with E-state index in [4.69, 9.17) is 9.99 Å². The Morgan fingerprint density at radius 3 is 2.50 bits per heavy atom. The monoisotopic (exact) mass is 196 g/mol. The van der Waals surface area contributed by atoms with Gasteiger partial charge in [-0.05, 0) is 30.7 Å². The van der Waals surface area contributed by atoms with Crippen molar-refractivity contribution >= 4 is 5.97 Å². The second-order valence-electron chi connectivity index (χ2n) is 2.75. The van der Waals surface area contributed by atoms with Gasteiger partial charge in [-0.2, -0.15) is 0 Å². The Morgan fingerprint density at radius 1 is 1.36 bits per heavy atom. The summed E-state index contributed by atoms with van der Waals surface area (Å²) in [5.41, 5.74) is 0.444. The van der Waals surface area contributed by atoms with Gasteiger partial charge < -0.3 is 9.62 Å². The molecule has 0 amide bonds. The SMILES string of the molecule is CCCOC(=O)c1ccc(OO)cc1. The van der Waals surface area contributed by atoms with E-state index in [9.17, 15) is 4.79 Å². The molecule has 1 aromatic carbocycles. The number of ether oxygens (including phenoxy) is 1. The van der Waals surface area contributed by atoms with Crippen LogP contribution in [-0.4, -0.2) is 17.8 Å². The number of hydrogen-bond donors (Lipinski definition) is 1. The number of hydrogen-bond acceptors (Lipinski definition) is 4. The summed E-state index contributed by atoms with van der Waals surface area (Å²) in [7, 11) is 0. The predicted octanol–water partition coefficient (Wildman–Crippen LogP) is 2.11. The molecule has 0 spiro atoms. The summed E-state index contributed by atoms with van der Waals surface area (Å²) in [5.74, 6) is -0.0756. The van der Waals surface area contributed by atoms with Crippen LogP contribution < -0.4 is 4.89 Å². The number of carbonyl (C=O) groups is 1. The van der Waals surface area contributed by atoms with Crippen molar-refractivity contribution in [3.63, 3.8) is 0 Å². The van der Waals surface area contributed by atoms with Crippen molar-refractivity contribution < 1.29 is 19.7 Å². The molecule has 0 aromatic heterocycles. The van der Waals surface area contributed by atoms with Gasteiger partial charge in [0.25, 0.3) is 0 Å². The molecule has 14 heavy (non-hydrogen) atoms. The zero-order valence-corrected chi connectivity index (χ0v) is 7.90. The molecule has 0 atom stereocenters. The Balaban J connectivity index is 2.62. The zero-order valence-electron chi connectivity index (χ0n) is 7.90. The first-order valence-corrected chi connectivity index (χ1v) is 4.36. The molecule has 0 saturated carbocycles. The van der Waals surface area contributed by atoms with Gasteiger partial charge in [-0.25, -0.2) is 10.1 Å². The van der Waals surface area contributed by atoms with E-state index in [1.165, 1.54) is 24.3 Å². The summed E-state index contributed by atoms with van der Waals surface area (Å²) in [4.78, 5) is 15.3. The van der Waals surface area contributed by atoms with Crippen molar-refractivity contribution in [1.29, 1.82) is 0 Å². The maximum atomic E-state index is 11.3. The molecule has 4 nitrogen and oxygen atoms in total. The highest BCUT2D eigenvalue weighted by Gasteiger charge is 2.05. The predicted molar refractivity (Wildman–Crippen MR) is 50.3 cm³/mol. The lowest BCUT2D eigenvalue weighted by Crippen LogP contribution is -2.05. The Morgan fingerprint density at radius 2 is 2.00 bits per heavy atom. The quantitative estimate of drug-likeness (QED) is 0.455. The van der Waals surface area contributed by atoms with E-state index in [1.54, 1.807) is 0 Å². The third kappa shape index (κ3) is 2.74. The van der Waals surface area contributed by atoms with Gasteiger partial charge in [0.1, 0.15) is 0 Å². The standard InChI is InChI=1S/C10H12O4/c1-2-7-13-10(11)8-3-5-9(14-12)6-4-8/h3-6,12H,2,7H2,1H3. The van der Waals surface area contributed by atoms with Crippen molar-refractivity contribution in [2.24, 2.45) is 0 Å². The summed E-state index contributed by atoms with van der Waals surface area (Å²) in [6, 6.07) is 6.04. The average Bonchev–Trinajstić information content (AvgIpc) is 2.26. The summed E-state index contributed by atoms with van der Waals surface area (Å²) in [5, 5.41) is 8.29. The molecule has 76 valence electrons. The third-order valence-corrected chi connectivity index (χ3v) is 1.63. The van der Waals surface area contributed by atoms with Crippen molar-refractivity contribution in [2.75, 3.05) is 6.61 Å². The molecule has 0 aliphatic heterocycles. The van der Waals surface area contributed by atoms with E-state index in [0.717, 1.165) is 6.42 Å². The molecule has 0 bridgehead atoms. The smallest absolute Gasteiger partial charge is 0.338 e. The largest absolute Gasteiger partial charge is 0.462 e. The van der Waals surface area contributed by atoms with Gasteiger partial charge in [-0.15, -0.1) is 0 Å². The lowest BCUT2D eigenvalue weighted by atomic mass is 10.2. The Kier molecular flexibility index (Phi) is 3.94. The maximum Gasteiger partial charge on any atom is 0.338 e. The minimum atomic E-state index is -0.365.